The summed E-state index contributed by atoms with van der Waals surface area (Å²) in [5.74, 6) is -0.0646. The molecule has 0 atom stereocenters. The number of amides is 1. The standard InChI is InChI=1S/C14H15BrN2O/c1-14(2,9-15)17-13(18)11-5-6-12-10(8-11)4-3-7-16-12/h3-8H,9H2,1-2H3,(H,17,18). The van der Waals surface area contributed by atoms with E-state index in [2.05, 4.69) is 26.2 Å². The predicted molar refractivity (Wildman–Crippen MR) is 77.1 cm³/mol. The number of rotatable bonds is 3. The lowest BCUT2D eigenvalue weighted by atomic mass is 10.1. The maximum absolute atomic E-state index is 12.1. The Morgan fingerprint density at radius 3 is 2.89 bits per heavy atom. The van der Waals surface area contributed by atoms with Crippen molar-refractivity contribution in [1.82, 2.24) is 10.3 Å². The lowest BCUT2D eigenvalue weighted by Gasteiger charge is -2.23. The van der Waals surface area contributed by atoms with Gasteiger partial charge in [0.2, 0.25) is 0 Å². The van der Waals surface area contributed by atoms with Gasteiger partial charge in [-0.05, 0) is 38.1 Å². The third-order valence-corrected chi connectivity index (χ3v) is 4.05. The van der Waals surface area contributed by atoms with E-state index in [4.69, 9.17) is 0 Å². The van der Waals surface area contributed by atoms with Gasteiger partial charge in [0.1, 0.15) is 0 Å². The number of benzene rings is 1. The van der Waals surface area contributed by atoms with E-state index in [1.807, 2.05) is 38.1 Å². The number of carbonyl (C=O) groups is 1. The molecule has 1 amide bonds. The van der Waals surface area contributed by atoms with Crippen molar-refractivity contribution in [1.29, 1.82) is 0 Å². The summed E-state index contributed by atoms with van der Waals surface area (Å²) in [5.41, 5.74) is 1.29. The van der Waals surface area contributed by atoms with E-state index in [0.29, 0.717) is 10.9 Å². The Morgan fingerprint density at radius 1 is 1.39 bits per heavy atom. The van der Waals surface area contributed by atoms with E-state index in [-0.39, 0.29) is 11.4 Å². The predicted octanol–water partition coefficient (Wildman–Crippen LogP) is 3.14. The van der Waals surface area contributed by atoms with Crippen LogP contribution in [-0.4, -0.2) is 21.8 Å². The van der Waals surface area contributed by atoms with Crippen LogP contribution in [0, 0.1) is 0 Å². The number of fused-ring (bicyclic) bond motifs is 1. The molecule has 2 aromatic rings. The number of aromatic nitrogens is 1. The van der Waals surface area contributed by atoms with Crippen LogP contribution in [0.15, 0.2) is 36.5 Å². The summed E-state index contributed by atoms with van der Waals surface area (Å²) >= 11 is 3.39. The molecule has 0 saturated carbocycles. The molecule has 2 rings (SSSR count). The highest BCUT2D eigenvalue weighted by Gasteiger charge is 2.19. The smallest absolute Gasteiger partial charge is 0.251 e. The van der Waals surface area contributed by atoms with Gasteiger partial charge in [-0.3, -0.25) is 9.78 Å². The van der Waals surface area contributed by atoms with Gasteiger partial charge in [-0.25, -0.2) is 0 Å². The molecule has 0 aliphatic heterocycles. The van der Waals surface area contributed by atoms with Crippen molar-refractivity contribution in [3.63, 3.8) is 0 Å². The molecule has 4 heteroatoms. The van der Waals surface area contributed by atoms with Crippen molar-refractivity contribution in [2.24, 2.45) is 0 Å². The highest BCUT2D eigenvalue weighted by atomic mass is 79.9. The average molecular weight is 307 g/mol. The lowest BCUT2D eigenvalue weighted by molar-refractivity contribution is 0.0921. The summed E-state index contributed by atoms with van der Waals surface area (Å²) in [5, 5.41) is 4.66. The zero-order valence-corrected chi connectivity index (χ0v) is 12.0. The molecule has 0 unspecified atom stereocenters. The third-order valence-electron chi connectivity index (χ3n) is 2.65. The largest absolute Gasteiger partial charge is 0.346 e. The van der Waals surface area contributed by atoms with E-state index >= 15 is 0 Å². The molecule has 0 aliphatic carbocycles. The second kappa shape index (κ2) is 5.06. The molecule has 18 heavy (non-hydrogen) atoms. The van der Waals surface area contributed by atoms with Crippen LogP contribution in [0.4, 0.5) is 0 Å². The molecule has 1 N–H and O–H groups in total. The molecule has 0 spiro atoms. The molecule has 0 bridgehead atoms. The number of nitrogens with one attached hydrogen (secondary N) is 1. The second-order valence-electron chi connectivity index (χ2n) is 4.88. The van der Waals surface area contributed by atoms with Crippen molar-refractivity contribution < 1.29 is 4.79 Å². The molecule has 1 aromatic heterocycles. The van der Waals surface area contributed by atoms with E-state index in [9.17, 15) is 4.79 Å². The topological polar surface area (TPSA) is 42.0 Å². The molecule has 94 valence electrons. The van der Waals surface area contributed by atoms with Crippen LogP contribution in [0.3, 0.4) is 0 Å². The quantitative estimate of drug-likeness (QED) is 0.885. The van der Waals surface area contributed by atoms with Gasteiger partial charge in [0.05, 0.1) is 5.52 Å². The molecule has 0 aliphatic rings. The Bertz CT molecular complexity index is 581. The SMILES string of the molecule is CC(C)(CBr)NC(=O)c1ccc2ncccc2c1. The number of hydrogen-bond acceptors (Lipinski definition) is 2. The van der Waals surface area contributed by atoms with Crippen LogP contribution in [0.2, 0.25) is 0 Å². The molecule has 1 aromatic carbocycles. The normalized spacial score (nSPS) is 11.5. The Hall–Kier alpha value is -1.42. The van der Waals surface area contributed by atoms with Crippen LogP contribution in [0.5, 0.6) is 0 Å². The van der Waals surface area contributed by atoms with Gasteiger partial charge >= 0.3 is 0 Å². The van der Waals surface area contributed by atoms with Crippen LogP contribution < -0.4 is 5.32 Å². The number of alkyl halides is 1. The first kappa shape index (κ1) is 13.0. The van der Waals surface area contributed by atoms with Crippen molar-refractivity contribution >= 4 is 32.7 Å². The summed E-state index contributed by atoms with van der Waals surface area (Å²) in [6.45, 7) is 3.95. The Morgan fingerprint density at radius 2 is 2.17 bits per heavy atom. The Labute approximate surface area is 115 Å². The highest BCUT2D eigenvalue weighted by molar-refractivity contribution is 9.09. The minimum atomic E-state index is -0.263. The average Bonchev–Trinajstić information content (AvgIpc) is 2.37. The molecule has 0 saturated heterocycles. The first-order chi connectivity index (χ1) is 8.52. The number of hydrogen-bond donors (Lipinski definition) is 1. The van der Waals surface area contributed by atoms with Crippen LogP contribution in [0.1, 0.15) is 24.2 Å². The molecular formula is C14H15BrN2O. The van der Waals surface area contributed by atoms with Crippen LogP contribution in [-0.2, 0) is 0 Å². The summed E-state index contributed by atoms with van der Waals surface area (Å²) in [4.78, 5) is 16.3. The number of pyridine rings is 1. The van der Waals surface area contributed by atoms with E-state index in [1.165, 1.54) is 0 Å². The maximum atomic E-state index is 12.1. The van der Waals surface area contributed by atoms with Crippen LogP contribution >= 0.6 is 15.9 Å². The highest BCUT2D eigenvalue weighted by Crippen LogP contribution is 2.14. The fourth-order valence-corrected chi connectivity index (χ4v) is 1.77. The van der Waals surface area contributed by atoms with Crippen molar-refractivity contribution in [3.05, 3.63) is 42.1 Å². The van der Waals surface area contributed by atoms with E-state index in [0.717, 1.165) is 10.9 Å². The minimum absolute atomic E-state index is 0.0646. The number of nitrogens with zero attached hydrogens (tertiary/aromatic N) is 1. The summed E-state index contributed by atoms with van der Waals surface area (Å²) in [6, 6.07) is 9.35. The van der Waals surface area contributed by atoms with Gasteiger partial charge < -0.3 is 5.32 Å². The zero-order valence-electron chi connectivity index (χ0n) is 10.4. The van der Waals surface area contributed by atoms with Crippen LogP contribution in [0.25, 0.3) is 10.9 Å². The number of carbonyl (C=O) groups excluding carboxylic acids is 1. The van der Waals surface area contributed by atoms with Crippen molar-refractivity contribution in [2.75, 3.05) is 5.33 Å². The van der Waals surface area contributed by atoms with Crippen molar-refractivity contribution in [2.45, 2.75) is 19.4 Å². The molecule has 1 heterocycles. The molecule has 3 nitrogen and oxygen atoms in total. The molecular weight excluding hydrogens is 292 g/mol. The summed E-state index contributed by atoms with van der Waals surface area (Å²) in [6.07, 6.45) is 1.75. The summed E-state index contributed by atoms with van der Waals surface area (Å²) in [7, 11) is 0. The van der Waals surface area contributed by atoms with Gasteiger partial charge in [0.25, 0.3) is 5.91 Å². The zero-order chi connectivity index (χ0) is 13.2. The first-order valence-electron chi connectivity index (χ1n) is 5.75. The molecule has 0 fully saturated rings. The Balaban J connectivity index is 2.28. The van der Waals surface area contributed by atoms with Gasteiger partial charge in [-0.1, -0.05) is 22.0 Å². The van der Waals surface area contributed by atoms with Gasteiger partial charge in [-0.15, -0.1) is 0 Å². The minimum Gasteiger partial charge on any atom is -0.346 e. The fourth-order valence-electron chi connectivity index (χ4n) is 1.63. The van der Waals surface area contributed by atoms with E-state index in [1.54, 1.807) is 12.3 Å². The van der Waals surface area contributed by atoms with Crippen molar-refractivity contribution in [3.8, 4) is 0 Å². The van der Waals surface area contributed by atoms with Gasteiger partial charge in [0, 0.05) is 28.0 Å². The number of halogens is 1. The summed E-state index contributed by atoms with van der Waals surface area (Å²) < 4.78 is 0. The lowest BCUT2D eigenvalue weighted by Crippen LogP contribution is -2.44. The fraction of sp³-hybridized carbons (Fsp3) is 0.286. The molecule has 0 radical (unpaired) electrons. The monoisotopic (exact) mass is 306 g/mol. The first-order valence-corrected chi connectivity index (χ1v) is 6.87. The third kappa shape index (κ3) is 2.88. The van der Waals surface area contributed by atoms with Gasteiger partial charge in [-0.2, -0.15) is 0 Å². The second-order valence-corrected chi connectivity index (χ2v) is 5.44. The maximum Gasteiger partial charge on any atom is 0.251 e. The van der Waals surface area contributed by atoms with Gasteiger partial charge in [0.15, 0.2) is 0 Å². The van der Waals surface area contributed by atoms with E-state index < -0.39 is 0 Å². The Kier molecular flexibility index (Phi) is 3.66.